The lowest BCUT2D eigenvalue weighted by atomic mass is 9.99. The van der Waals surface area contributed by atoms with Gasteiger partial charge < -0.3 is 23.6 Å². The third kappa shape index (κ3) is 3.77. The number of nitrogens with zero attached hydrogens (tertiary/aromatic N) is 1. The molecule has 2 aromatic heterocycles. The van der Waals surface area contributed by atoms with Gasteiger partial charge in [-0.3, -0.25) is 9.69 Å². The van der Waals surface area contributed by atoms with Crippen molar-refractivity contribution >= 4 is 22.6 Å². The molecule has 0 bridgehead atoms. The summed E-state index contributed by atoms with van der Waals surface area (Å²) < 4.78 is 23.0. The fraction of sp³-hybridized carbons (Fsp3) is 0.240. The van der Waals surface area contributed by atoms with E-state index in [-0.39, 0.29) is 17.7 Å². The fourth-order valence-electron chi connectivity index (χ4n) is 4.20. The molecule has 7 heteroatoms. The van der Waals surface area contributed by atoms with Crippen LogP contribution in [0.1, 0.15) is 27.9 Å². The summed E-state index contributed by atoms with van der Waals surface area (Å²) >= 11 is 0. The normalized spacial score (nSPS) is 15.5. The number of furan rings is 2. The number of morpholine rings is 1. The molecule has 0 radical (unpaired) electrons. The van der Waals surface area contributed by atoms with Crippen molar-refractivity contribution in [3.05, 3.63) is 84.0 Å². The Hall–Kier alpha value is -3.55. The number of amides is 1. The number of fused-ring (bicyclic) bond motifs is 1. The van der Waals surface area contributed by atoms with E-state index in [9.17, 15) is 4.79 Å². The number of rotatable bonds is 6. The maximum Gasteiger partial charge on any atom is 0.291 e. The van der Waals surface area contributed by atoms with Gasteiger partial charge in [0.1, 0.15) is 11.3 Å². The summed E-state index contributed by atoms with van der Waals surface area (Å²) in [6.45, 7) is 2.70. The number of anilines is 1. The van der Waals surface area contributed by atoms with Crippen LogP contribution in [0, 0.1) is 0 Å². The molecule has 1 saturated heterocycles. The minimum absolute atomic E-state index is 0.237. The Balaban J connectivity index is 1.67. The van der Waals surface area contributed by atoms with Gasteiger partial charge >= 0.3 is 0 Å². The van der Waals surface area contributed by atoms with Crippen LogP contribution in [0.4, 0.5) is 5.69 Å². The fourth-order valence-corrected chi connectivity index (χ4v) is 4.20. The Morgan fingerprint density at radius 1 is 1.03 bits per heavy atom. The Morgan fingerprint density at radius 2 is 1.81 bits per heavy atom. The molecular formula is C25H24N2O5. The average molecular weight is 432 g/mol. The Morgan fingerprint density at radius 3 is 2.59 bits per heavy atom. The molecule has 0 spiro atoms. The smallest absolute Gasteiger partial charge is 0.291 e. The van der Waals surface area contributed by atoms with E-state index in [0.29, 0.717) is 30.2 Å². The molecule has 1 fully saturated rings. The summed E-state index contributed by atoms with van der Waals surface area (Å²) in [7, 11) is 1.66. The lowest BCUT2D eigenvalue weighted by Crippen LogP contribution is -2.39. The molecule has 32 heavy (non-hydrogen) atoms. The topological polar surface area (TPSA) is 77.1 Å². The number of para-hydroxylation sites is 2. The molecule has 5 rings (SSSR count). The molecule has 4 aromatic rings. The summed E-state index contributed by atoms with van der Waals surface area (Å²) in [6.07, 6.45) is 1.48. The van der Waals surface area contributed by atoms with Crippen molar-refractivity contribution in [1.29, 1.82) is 0 Å². The standard InChI is InChI=1S/C25H24N2O5/c1-29-19-9-4-3-8-18(19)23(27-12-15-30-16-13-27)24-22(17-7-2-5-10-20(17)32-24)26-25(28)21-11-6-14-31-21/h2-11,14,23H,12-13,15-16H2,1H3,(H,26,28). The molecule has 164 valence electrons. The van der Waals surface area contributed by atoms with E-state index in [1.165, 1.54) is 6.26 Å². The summed E-state index contributed by atoms with van der Waals surface area (Å²) in [4.78, 5) is 15.2. The Kier molecular flexibility index (Phi) is 5.66. The number of carbonyl (C=O) groups excluding carboxylic acids is 1. The van der Waals surface area contributed by atoms with Crippen molar-refractivity contribution in [3.63, 3.8) is 0 Å². The lowest BCUT2D eigenvalue weighted by molar-refractivity contribution is 0.0202. The van der Waals surface area contributed by atoms with Crippen molar-refractivity contribution in [2.75, 3.05) is 38.7 Å². The maximum absolute atomic E-state index is 12.9. The summed E-state index contributed by atoms with van der Waals surface area (Å²) in [5, 5.41) is 3.87. The van der Waals surface area contributed by atoms with Crippen LogP contribution in [0.25, 0.3) is 11.0 Å². The van der Waals surface area contributed by atoms with Crippen LogP contribution in [0.2, 0.25) is 0 Å². The first-order valence-electron chi connectivity index (χ1n) is 10.6. The highest BCUT2D eigenvalue weighted by Crippen LogP contribution is 2.43. The van der Waals surface area contributed by atoms with Crippen LogP contribution in [0.3, 0.4) is 0 Å². The minimum atomic E-state index is -0.330. The first-order valence-corrected chi connectivity index (χ1v) is 10.6. The van der Waals surface area contributed by atoms with Crippen molar-refractivity contribution in [2.45, 2.75) is 6.04 Å². The molecule has 1 N–H and O–H groups in total. The lowest BCUT2D eigenvalue weighted by Gasteiger charge is -2.34. The van der Waals surface area contributed by atoms with E-state index in [4.69, 9.17) is 18.3 Å². The molecule has 0 aliphatic carbocycles. The van der Waals surface area contributed by atoms with Crippen molar-refractivity contribution in [2.24, 2.45) is 0 Å². The minimum Gasteiger partial charge on any atom is -0.496 e. The van der Waals surface area contributed by atoms with Gasteiger partial charge in [0.25, 0.3) is 5.91 Å². The van der Waals surface area contributed by atoms with E-state index in [2.05, 4.69) is 10.2 Å². The number of nitrogens with one attached hydrogen (secondary N) is 1. The van der Waals surface area contributed by atoms with E-state index in [0.717, 1.165) is 29.8 Å². The monoisotopic (exact) mass is 432 g/mol. The van der Waals surface area contributed by atoms with Crippen LogP contribution in [0.5, 0.6) is 5.75 Å². The third-order valence-electron chi connectivity index (χ3n) is 5.70. The van der Waals surface area contributed by atoms with Gasteiger partial charge in [0.2, 0.25) is 0 Å². The van der Waals surface area contributed by atoms with Gasteiger partial charge in [-0.25, -0.2) is 0 Å². The Bertz CT molecular complexity index is 1210. The predicted octanol–water partition coefficient (Wildman–Crippen LogP) is 4.71. The SMILES string of the molecule is COc1ccccc1C(c1oc2ccccc2c1NC(=O)c1ccco1)N1CCOCC1. The molecule has 2 aromatic carbocycles. The second kappa shape index (κ2) is 8.90. The van der Waals surface area contributed by atoms with E-state index in [1.54, 1.807) is 19.2 Å². The molecule has 1 aliphatic rings. The zero-order valence-corrected chi connectivity index (χ0v) is 17.7. The van der Waals surface area contributed by atoms with Crippen molar-refractivity contribution in [1.82, 2.24) is 4.90 Å². The highest BCUT2D eigenvalue weighted by atomic mass is 16.5. The van der Waals surface area contributed by atoms with Crippen LogP contribution in [-0.2, 0) is 4.74 Å². The summed E-state index contributed by atoms with van der Waals surface area (Å²) in [5.41, 5.74) is 2.29. The molecule has 3 heterocycles. The van der Waals surface area contributed by atoms with Gasteiger partial charge in [0.15, 0.2) is 11.5 Å². The van der Waals surface area contributed by atoms with Crippen LogP contribution >= 0.6 is 0 Å². The number of carbonyl (C=O) groups is 1. The molecule has 7 nitrogen and oxygen atoms in total. The number of benzene rings is 2. The zero-order chi connectivity index (χ0) is 21.9. The third-order valence-corrected chi connectivity index (χ3v) is 5.70. The van der Waals surface area contributed by atoms with Gasteiger partial charge in [0.05, 0.1) is 38.3 Å². The van der Waals surface area contributed by atoms with Crippen LogP contribution in [-0.4, -0.2) is 44.2 Å². The van der Waals surface area contributed by atoms with E-state index >= 15 is 0 Å². The quantitative estimate of drug-likeness (QED) is 0.476. The molecule has 0 saturated carbocycles. The average Bonchev–Trinajstić information content (AvgIpc) is 3.50. The van der Waals surface area contributed by atoms with Gasteiger partial charge in [-0.05, 0) is 30.3 Å². The Labute approximate surface area is 185 Å². The molecule has 1 atom stereocenters. The van der Waals surface area contributed by atoms with Crippen LogP contribution in [0.15, 0.2) is 75.8 Å². The van der Waals surface area contributed by atoms with Gasteiger partial charge in [-0.1, -0.05) is 30.3 Å². The molecule has 1 unspecified atom stereocenters. The largest absolute Gasteiger partial charge is 0.496 e. The second-order valence-electron chi connectivity index (χ2n) is 7.56. The van der Waals surface area contributed by atoms with Gasteiger partial charge in [-0.15, -0.1) is 0 Å². The van der Waals surface area contributed by atoms with E-state index in [1.807, 2.05) is 48.5 Å². The number of hydrogen-bond donors (Lipinski definition) is 1. The summed E-state index contributed by atoms with van der Waals surface area (Å²) in [6, 6.07) is 18.6. The maximum atomic E-state index is 12.9. The van der Waals surface area contributed by atoms with E-state index < -0.39 is 0 Å². The number of ether oxygens (including phenoxy) is 2. The predicted molar refractivity (Wildman–Crippen MR) is 120 cm³/mol. The summed E-state index contributed by atoms with van der Waals surface area (Å²) in [5.74, 6) is 1.32. The van der Waals surface area contributed by atoms with Crippen molar-refractivity contribution in [3.8, 4) is 5.75 Å². The zero-order valence-electron chi connectivity index (χ0n) is 17.7. The van der Waals surface area contributed by atoms with Crippen molar-refractivity contribution < 1.29 is 23.1 Å². The number of hydrogen-bond acceptors (Lipinski definition) is 6. The molecular weight excluding hydrogens is 408 g/mol. The highest BCUT2D eigenvalue weighted by Gasteiger charge is 2.33. The van der Waals surface area contributed by atoms with Crippen LogP contribution < -0.4 is 10.1 Å². The number of methoxy groups -OCH3 is 1. The van der Waals surface area contributed by atoms with Gasteiger partial charge in [-0.2, -0.15) is 0 Å². The molecule has 1 aliphatic heterocycles. The first-order chi connectivity index (χ1) is 15.8. The first kappa shape index (κ1) is 20.4. The second-order valence-corrected chi connectivity index (χ2v) is 7.56. The van der Waals surface area contributed by atoms with Gasteiger partial charge in [0, 0.05) is 24.0 Å². The highest BCUT2D eigenvalue weighted by molar-refractivity contribution is 6.08. The molecule has 1 amide bonds.